The zero-order valence-corrected chi connectivity index (χ0v) is 19.6. The number of Topliss-reactive ketones (excluding diaryl/α,β-unsaturated/α-hetero) is 2. The molecule has 4 heteroatoms. The molecule has 2 aromatic rings. The first-order valence-corrected chi connectivity index (χ1v) is 11.5. The molecule has 2 aromatic carbocycles. The van der Waals surface area contributed by atoms with Gasteiger partial charge in [-0.25, -0.2) is 0 Å². The fraction of sp³-hybridized carbons (Fsp3) is 0.200. The second-order valence-corrected chi connectivity index (χ2v) is 10.1. The predicted molar refractivity (Wildman–Crippen MR) is 131 cm³/mol. The van der Waals surface area contributed by atoms with E-state index in [0.29, 0.717) is 44.9 Å². The van der Waals surface area contributed by atoms with Crippen molar-refractivity contribution in [3.63, 3.8) is 0 Å². The number of benzene rings is 2. The van der Waals surface area contributed by atoms with Gasteiger partial charge in [-0.15, -0.1) is 0 Å². The number of ether oxygens (including phenoxy) is 2. The minimum Gasteiger partial charge on any atom is -0.482 e. The molecule has 2 heterocycles. The van der Waals surface area contributed by atoms with Gasteiger partial charge in [0, 0.05) is 44.5 Å². The molecule has 0 N–H and O–H groups in total. The van der Waals surface area contributed by atoms with Crippen LogP contribution in [-0.4, -0.2) is 22.8 Å². The zero-order chi connectivity index (χ0) is 23.8. The number of hydrogen-bond donors (Lipinski definition) is 0. The Bertz CT molecular complexity index is 1360. The van der Waals surface area contributed by atoms with Crippen LogP contribution in [0.3, 0.4) is 0 Å². The van der Waals surface area contributed by atoms with E-state index in [2.05, 4.69) is 0 Å². The quantitative estimate of drug-likeness (QED) is 0.449. The number of ketones is 2. The van der Waals surface area contributed by atoms with Crippen LogP contribution in [-0.2, 0) is 9.47 Å². The van der Waals surface area contributed by atoms with Crippen LogP contribution < -0.4 is 0 Å². The first-order chi connectivity index (χ1) is 16.2. The molecule has 0 saturated carbocycles. The Kier molecular flexibility index (Phi) is 4.13. The van der Waals surface area contributed by atoms with E-state index >= 15 is 0 Å². The van der Waals surface area contributed by atoms with Gasteiger partial charge < -0.3 is 9.47 Å². The molecule has 4 aliphatic rings. The van der Waals surface area contributed by atoms with Crippen molar-refractivity contribution >= 4 is 23.1 Å². The highest BCUT2D eigenvalue weighted by molar-refractivity contribution is 6.28. The molecule has 0 saturated heterocycles. The molecule has 34 heavy (non-hydrogen) atoms. The second kappa shape index (κ2) is 6.80. The summed E-state index contributed by atoms with van der Waals surface area (Å²) in [6, 6.07) is 14.8. The summed E-state index contributed by atoms with van der Waals surface area (Å²) < 4.78 is 12.8. The van der Waals surface area contributed by atoms with Gasteiger partial charge in [0.25, 0.3) is 0 Å². The minimum absolute atomic E-state index is 0.185. The van der Waals surface area contributed by atoms with Gasteiger partial charge in [-0.05, 0) is 39.8 Å². The lowest BCUT2D eigenvalue weighted by Gasteiger charge is -2.37. The van der Waals surface area contributed by atoms with E-state index in [0.717, 1.165) is 11.1 Å². The Balaban J connectivity index is 1.71. The molecular formula is C30H24O4. The van der Waals surface area contributed by atoms with Gasteiger partial charge in [0.15, 0.2) is 11.6 Å². The van der Waals surface area contributed by atoms with Crippen molar-refractivity contribution < 1.29 is 19.1 Å². The highest BCUT2D eigenvalue weighted by Gasteiger charge is 2.42. The molecule has 2 aliphatic heterocycles. The molecule has 0 radical (unpaired) electrons. The van der Waals surface area contributed by atoms with Crippen LogP contribution in [0.25, 0.3) is 11.5 Å². The van der Waals surface area contributed by atoms with Gasteiger partial charge in [0.05, 0.1) is 0 Å². The summed E-state index contributed by atoms with van der Waals surface area (Å²) in [5.74, 6) is 0.880. The van der Waals surface area contributed by atoms with E-state index in [1.54, 1.807) is 12.1 Å². The molecule has 0 fully saturated rings. The van der Waals surface area contributed by atoms with Crippen LogP contribution in [0.5, 0.6) is 0 Å². The van der Waals surface area contributed by atoms with Crippen LogP contribution in [0.4, 0.5) is 0 Å². The van der Waals surface area contributed by atoms with Crippen molar-refractivity contribution in [2.24, 2.45) is 0 Å². The standard InChI is InChI=1S/C30H24O4/c1-29(2)15-13-21-23(25(31)17-9-5-7-11-19(17)27(21)33-29)24-22-14-16-30(3,4)34-28(22)20-12-8-6-10-18(20)26(24)32/h5-16H,1-4H3/b24-23-. The number of carbonyl (C=O) groups is 2. The Morgan fingerprint density at radius 3 is 1.29 bits per heavy atom. The fourth-order valence-electron chi connectivity index (χ4n) is 4.99. The molecule has 4 nitrogen and oxygen atoms in total. The smallest absolute Gasteiger partial charge is 0.195 e. The van der Waals surface area contributed by atoms with Crippen LogP contribution in [0, 0.1) is 0 Å². The topological polar surface area (TPSA) is 52.6 Å². The lowest BCUT2D eigenvalue weighted by molar-refractivity contribution is 0.0981. The predicted octanol–water partition coefficient (Wildman–Crippen LogP) is 6.23. The maximum atomic E-state index is 14.0. The maximum absolute atomic E-state index is 14.0. The second-order valence-electron chi connectivity index (χ2n) is 10.1. The average molecular weight is 449 g/mol. The van der Waals surface area contributed by atoms with Crippen LogP contribution in [0.1, 0.15) is 59.5 Å². The molecule has 2 aliphatic carbocycles. The van der Waals surface area contributed by atoms with Crippen molar-refractivity contribution in [3.05, 3.63) is 117 Å². The Hall–Kier alpha value is -3.92. The van der Waals surface area contributed by atoms with Crippen molar-refractivity contribution in [2.45, 2.75) is 38.9 Å². The van der Waals surface area contributed by atoms with Crippen molar-refractivity contribution in [3.8, 4) is 0 Å². The van der Waals surface area contributed by atoms with E-state index in [4.69, 9.17) is 9.47 Å². The highest BCUT2D eigenvalue weighted by atomic mass is 16.5. The molecule has 0 aromatic heterocycles. The third-order valence-corrected chi connectivity index (χ3v) is 6.60. The molecule has 0 amide bonds. The van der Waals surface area contributed by atoms with E-state index in [1.165, 1.54) is 0 Å². The lowest BCUT2D eigenvalue weighted by atomic mass is 9.74. The molecule has 168 valence electrons. The van der Waals surface area contributed by atoms with Crippen molar-refractivity contribution in [1.29, 1.82) is 0 Å². The number of fused-ring (bicyclic) bond motifs is 4. The summed E-state index contributed by atoms with van der Waals surface area (Å²) in [4.78, 5) is 27.9. The number of carbonyl (C=O) groups excluding carboxylic acids is 2. The normalized spacial score (nSPS) is 23.5. The van der Waals surface area contributed by atoms with E-state index in [9.17, 15) is 9.59 Å². The van der Waals surface area contributed by atoms with E-state index in [1.807, 2.05) is 88.4 Å². The maximum Gasteiger partial charge on any atom is 0.195 e. The summed E-state index contributed by atoms with van der Waals surface area (Å²) in [6.07, 6.45) is 7.70. The van der Waals surface area contributed by atoms with Crippen molar-refractivity contribution in [2.75, 3.05) is 0 Å². The summed E-state index contributed by atoms with van der Waals surface area (Å²) in [5, 5.41) is 0. The monoisotopic (exact) mass is 448 g/mol. The van der Waals surface area contributed by atoms with Crippen LogP contribution in [0.2, 0.25) is 0 Å². The summed E-state index contributed by atoms with van der Waals surface area (Å²) in [5.41, 5.74) is 3.49. The van der Waals surface area contributed by atoms with Crippen LogP contribution in [0.15, 0.2) is 95.1 Å². The van der Waals surface area contributed by atoms with Gasteiger partial charge in [-0.2, -0.15) is 0 Å². The Morgan fingerprint density at radius 2 is 0.912 bits per heavy atom. The molecular weight excluding hydrogens is 424 g/mol. The Morgan fingerprint density at radius 1 is 0.559 bits per heavy atom. The van der Waals surface area contributed by atoms with Gasteiger partial charge in [0.2, 0.25) is 0 Å². The van der Waals surface area contributed by atoms with Gasteiger partial charge >= 0.3 is 0 Å². The van der Waals surface area contributed by atoms with Gasteiger partial charge in [-0.3, -0.25) is 9.59 Å². The third-order valence-electron chi connectivity index (χ3n) is 6.60. The SMILES string of the molecule is CC1(C)C=CC2=C(O1)c1ccccc1C(=O)/C2=C1\C(=O)c2ccccc2C2=C1C=CC(C)(C)O2. The average Bonchev–Trinajstić information content (AvgIpc) is 2.81. The molecule has 6 rings (SSSR count). The minimum atomic E-state index is -0.534. The summed E-state index contributed by atoms with van der Waals surface area (Å²) in [7, 11) is 0. The lowest BCUT2D eigenvalue weighted by Crippen LogP contribution is -2.31. The summed E-state index contributed by atoms with van der Waals surface area (Å²) in [6.45, 7) is 7.90. The molecule has 0 spiro atoms. The largest absolute Gasteiger partial charge is 0.482 e. The Labute approximate surface area is 198 Å². The number of hydrogen-bond acceptors (Lipinski definition) is 4. The molecule has 0 unspecified atom stereocenters. The number of rotatable bonds is 0. The number of allylic oxidation sites excluding steroid dienone is 6. The van der Waals surface area contributed by atoms with Gasteiger partial charge in [0.1, 0.15) is 22.7 Å². The fourth-order valence-corrected chi connectivity index (χ4v) is 4.99. The molecule has 0 atom stereocenters. The highest BCUT2D eigenvalue weighted by Crippen LogP contribution is 2.48. The van der Waals surface area contributed by atoms with Gasteiger partial charge in [-0.1, -0.05) is 60.7 Å². The molecule has 0 bridgehead atoms. The van der Waals surface area contributed by atoms with E-state index in [-0.39, 0.29) is 11.6 Å². The van der Waals surface area contributed by atoms with Crippen molar-refractivity contribution in [1.82, 2.24) is 0 Å². The van der Waals surface area contributed by atoms with Crippen LogP contribution >= 0.6 is 0 Å². The van der Waals surface area contributed by atoms with E-state index < -0.39 is 11.2 Å². The zero-order valence-electron chi connectivity index (χ0n) is 19.6. The first-order valence-electron chi connectivity index (χ1n) is 11.5. The third kappa shape index (κ3) is 2.91. The first kappa shape index (κ1) is 20.7. The summed E-state index contributed by atoms with van der Waals surface area (Å²) >= 11 is 0.